The first-order valence-electron chi connectivity index (χ1n) is 10.0. The number of thiophene rings is 1. The van der Waals surface area contributed by atoms with Crippen LogP contribution in [0.4, 0.5) is 5.69 Å². The van der Waals surface area contributed by atoms with Gasteiger partial charge in [-0.25, -0.2) is 4.98 Å². The molecule has 3 aromatic rings. The fourth-order valence-corrected chi connectivity index (χ4v) is 5.08. The quantitative estimate of drug-likeness (QED) is 0.626. The van der Waals surface area contributed by atoms with Crippen LogP contribution < -0.4 is 25.7 Å². The van der Waals surface area contributed by atoms with E-state index in [4.69, 9.17) is 9.47 Å². The van der Waals surface area contributed by atoms with Gasteiger partial charge in [0, 0.05) is 16.6 Å². The summed E-state index contributed by atoms with van der Waals surface area (Å²) in [6, 6.07) is 5.05. The zero-order valence-corrected chi connectivity index (χ0v) is 17.4. The normalized spacial score (nSPS) is 14.3. The van der Waals surface area contributed by atoms with Crippen molar-refractivity contribution >= 4 is 39.1 Å². The number of nitrogens with one attached hydrogen (secondary N) is 2. The summed E-state index contributed by atoms with van der Waals surface area (Å²) in [5.41, 5.74) is 1.42. The number of anilines is 1. The molecule has 0 fully saturated rings. The van der Waals surface area contributed by atoms with Crippen LogP contribution in [0.25, 0.3) is 10.2 Å². The van der Waals surface area contributed by atoms with Crippen molar-refractivity contribution in [3.8, 4) is 11.5 Å². The highest BCUT2D eigenvalue weighted by Crippen LogP contribution is 2.34. The predicted molar refractivity (Wildman–Crippen MR) is 115 cm³/mol. The second-order valence-corrected chi connectivity index (χ2v) is 8.55. The maximum Gasteiger partial charge on any atom is 0.262 e. The van der Waals surface area contributed by atoms with Crippen molar-refractivity contribution < 1.29 is 19.1 Å². The van der Waals surface area contributed by atoms with Crippen LogP contribution in [0.5, 0.6) is 11.5 Å². The minimum absolute atomic E-state index is 0.150. The SMILES string of the molecule is O=C(Cn1cnc2sc3c(c2c1=O)CCCC3)NCC(=O)Nc1ccc2c(c1)OCO2. The molecule has 31 heavy (non-hydrogen) atoms. The minimum Gasteiger partial charge on any atom is -0.454 e. The molecule has 9 nitrogen and oxygen atoms in total. The largest absolute Gasteiger partial charge is 0.454 e. The Bertz CT molecular complexity index is 1250. The average molecular weight is 440 g/mol. The van der Waals surface area contributed by atoms with E-state index in [1.165, 1.54) is 15.8 Å². The Morgan fingerprint density at radius 3 is 2.87 bits per heavy atom. The Hall–Kier alpha value is -3.40. The number of carbonyl (C=O) groups excluding carboxylic acids is 2. The fourth-order valence-electron chi connectivity index (χ4n) is 3.86. The molecular formula is C21H20N4O5S. The number of nitrogens with zero attached hydrogens (tertiary/aromatic N) is 2. The highest BCUT2D eigenvalue weighted by atomic mass is 32.1. The third-order valence-electron chi connectivity index (χ3n) is 5.36. The maximum absolute atomic E-state index is 12.9. The molecule has 0 saturated heterocycles. The molecule has 3 heterocycles. The van der Waals surface area contributed by atoms with E-state index >= 15 is 0 Å². The van der Waals surface area contributed by atoms with Crippen LogP contribution in [0.15, 0.2) is 29.3 Å². The zero-order valence-electron chi connectivity index (χ0n) is 16.6. The number of hydrogen-bond donors (Lipinski definition) is 2. The lowest BCUT2D eigenvalue weighted by Gasteiger charge is -2.11. The maximum atomic E-state index is 12.9. The van der Waals surface area contributed by atoms with Gasteiger partial charge in [-0.05, 0) is 43.4 Å². The molecule has 2 aromatic heterocycles. The van der Waals surface area contributed by atoms with E-state index in [2.05, 4.69) is 15.6 Å². The number of rotatable bonds is 5. The second-order valence-electron chi connectivity index (χ2n) is 7.46. The fraction of sp³-hybridized carbons (Fsp3) is 0.333. The molecule has 1 aliphatic heterocycles. The van der Waals surface area contributed by atoms with Gasteiger partial charge in [-0.1, -0.05) is 0 Å². The van der Waals surface area contributed by atoms with Crippen molar-refractivity contribution in [2.45, 2.75) is 32.2 Å². The topological polar surface area (TPSA) is 112 Å². The van der Waals surface area contributed by atoms with E-state index < -0.39 is 5.91 Å². The van der Waals surface area contributed by atoms with E-state index in [1.807, 2.05) is 0 Å². The summed E-state index contributed by atoms with van der Waals surface area (Å²) in [6.45, 7) is -0.258. The smallest absolute Gasteiger partial charge is 0.262 e. The lowest BCUT2D eigenvalue weighted by Crippen LogP contribution is -2.37. The molecule has 2 aliphatic rings. The van der Waals surface area contributed by atoms with Crippen molar-refractivity contribution in [2.75, 3.05) is 18.7 Å². The predicted octanol–water partition coefficient (Wildman–Crippen LogP) is 1.82. The molecule has 10 heteroatoms. The Kier molecular flexibility index (Phi) is 5.06. The van der Waals surface area contributed by atoms with Gasteiger partial charge in [0.15, 0.2) is 11.5 Å². The van der Waals surface area contributed by atoms with Gasteiger partial charge in [-0.3, -0.25) is 19.0 Å². The Morgan fingerprint density at radius 1 is 1.13 bits per heavy atom. The van der Waals surface area contributed by atoms with Gasteiger partial charge in [0.05, 0.1) is 18.3 Å². The van der Waals surface area contributed by atoms with Gasteiger partial charge >= 0.3 is 0 Å². The number of aromatic nitrogens is 2. The molecule has 0 radical (unpaired) electrons. The van der Waals surface area contributed by atoms with E-state index in [0.29, 0.717) is 22.6 Å². The molecule has 5 rings (SSSR count). The summed E-state index contributed by atoms with van der Waals surface area (Å²) >= 11 is 1.57. The Morgan fingerprint density at radius 2 is 1.97 bits per heavy atom. The molecular weight excluding hydrogens is 420 g/mol. The Labute approximate surface area is 181 Å². The zero-order chi connectivity index (χ0) is 21.4. The van der Waals surface area contributed by atoms with Gasteiger partial charge < -0.3 is 20.1 Å². The highest BCUT2D eigenvalue weighted by Gasteiger charge is 2.20. The molecule has 160 valence electrons. The van der Waals surface area contributed by atoms with Crippen molar-refractivity contribution in [2.24, 2.45) is 0 Å². The molecule has 1 aromatic carbocycles. The first-order chi connectivity index (χ1) is 15.1. The second kappa shape index (κ2) is 8.03. The lowest BCUT2D eigenvalue weighted by molar-refractivity contribution is -0.124. The minimum atomic E-state index is -0.437. The van der Waals surface area contributed by atoms with Gasteiger partial charge in [0.2, 0.25) is 18.6 Å². The summed E-state index contributed by atoms with van der Waals surface area (Å²) in [5, 5.41) is 5.87. The third-order valence-corrected chi connectivity index (χ3v) is 6.56. The molecule has 2 amide bonds. The summed E-state index contributed by atoms with van der Waals surface area (Å²) < 4.78 is 11.8. The number of aryl methyl sites for hydroxylation is 2. The van der Waals surface area contributed by atoms with Crippen LogP contribution in [0.3, 0.4) is 0 Å². The Balaban J connectivity index is 1.21. The monoisotopic (exact) mass is 440 g/mol. The summed E-state index contributed by atoms with van der Waals surface area (Å²) in [6.07, 6.45) is 5.45. The van der Waals surface area contributed by atoms with Crippen LogP contribution in [0.1, 0.15) is 23.3 Å². The number of benzene rings is 1. The van der Waals surface area contributed by atoms with Gasteiger partial charge in [0.25, 0.3) is 5.56 Å². The number of carbonyl (C=O) groups is 2. The van der Waals surface area contributed by atoms with Crippen molar-refractivity contribution in [1.29, 1.82) is 0 Å². The molecule has 0 atom stereocenters. The van der Waals surface area contributed by atoms with Crippen LogP contribution in [0.2, 0.25) is 0 Å². The molecule has 2 N–H and O–H groups in total. The molecule has 0 bridgehead atoms. The first kappa shape index (κ1) is 19.6. The number of fused-ring (bicyclic) bond motifs is 4. The molecule has 0 saturated carbocycles. The molecule has 0 unspecified atom stereocenters. The standard InChI is InChI=1S/C21H20N4O5S/c26-17(24-12-5-6-14-15(7-12)30-11-29-14)8-22-18(27)9-25-10-23-20-19(21(25)28)13-3-1-2-4-16(13)31-20/h5-7,10H,1-4,8-9,11H2,(H,22,27)(H,24,26). The number of ether oxygens (including phenoxy) is 2. The van der Waals surface area contributed by atoms with Gasteiger partial charge in [-0.15, -0.1) is 11.3 Å². The van der Waals surface area contributed by atoms with Crippen LogP contribution in [-0.2, 0) is 29.0 Å². The average Bonchev–Trinajstić information content (AvgIpc) is 3.38. The summed E-state index contributed by atoms with van der Waals surface area (Å²) in [7, 11) is 0. The van der Waals surface area contributed by atoms with Crippen LogP contribution >= 0.6 is 11.3 Å². The van der Waals surface area contributed by atoms with E-state index in [9.17, 15) is 14.4 Å². The van der Waals surface area contributed by atoms with Crippen LogP contribution in [0, 0.1) is 0 Å². The van der Waals surface area contributed by atoms with E-state index in [0.717, 1.165) is 36.1 Å². The first-order valence-corrected chi connectivity index (χ1v) is 10.9. The third kappa shape index (κ3) is 3.86. The lowest BCUT2D eigenvalue weighted by atomic mass is 9.97. The van der Waals surface area contributed by atoms with Crippen LogP contribution in [-0.4, -0.2) is 34.7 Å². The van der Waals surface area contributed by atoms with Gasteiger partial charge in [0.1, 0.15) is 11.4 Å². The summed E-state index contributed by atoms with van der Waals surface area (Å²) in [5.74, 6) is 0.349. The highest BCUT2D eigenvalue weighted by molar-refractivity contribution is 7.18. The van der Waals surface area contributed by atoms with Crippen molar-refractivity contribution in [3.63, 3.8) is 0 Å². The van der Waals surface area contributed by atoms with E-state index in [-0.39, 0.29) is 31.3 Å². The number of hydrogen-bond acceptors (Lipinski definition) is 7. The molecule has 1 aliphatic carbocycles. The van der Waals surface area contributed by atoms with E-state index in [1.54, 1.807) is 29.5 Å². The van der Waals surface area contributed by atoms with Crippen molar-refractivity contribution in [3.05, 3.63) is 45.3 Å². The summed E-state index contributed by atoms with van der Waals surface area (Å²) in [4.78, 5) is 43.7. The number of amides is 2. The van der Waals surface area contributed by atoms with Gasteiger partial charge in [-0.2, -0.15) is 0 Å². The molecule has 0 spiro atoms. The van der Waals surface area contributed by atoms with Crippen molar-refractivity contribution in [1.82, 2.24) is 14.9 Å².